The average molecular weight is 296 g/mol. The molecule has 3 rings (SSSR count). The van der Waals surface area contributed by atoms with Gasteiger partial charge in [0.25, 0.3) is 0 Å². The Morgan fingerprint density at radius 3 is 2.67 bits per heavy atom. The second-order valence-corrected chi connectivity index (χ2v) is 5.76. The first kappa shape index (κ1) is 13.8. The lowest BCUT2D eigenvalue weighted by molar-refractivity contribution is -0.125. The van der Waals surface area contributed by atoms with E-state index in [1.54, 1.807) is 0 Å². The van der Waals surface area contributed by atoms with Gasteiger partial charge in [0.2, 0.25) is 5.91 Å². The van der Waals surface area contributed by atoms with Gasteiger partial charge in [-0.05, 0) is 23.1 Å². The number of benzene rings is 2. The van der Waals surface area contributed by atoms with E-state index in [4.69, 9.17) is 5.73 Å². The highest BCUT2D eigenvalue weighted by molar-refractivity contribution is 8.03. The van der Waals surface area contributed by atoms with Gasteiger partial charge >= 0.3 is 0 Å². The van der Waals surface area contributed by atoms with Gasteiger partial charge in [-0.3, -0.25) is 4.79 Å². The van der Waals surface area contributed by atoms with Gasteiger partial charge in [0, 0.05) is 11.3 Å². The first-order chi connectivity index (χ1) is 10.2. The minimum atomic E-state index is 0.128. The number of nitrogen functional groups attached to an aromatic ring is 1. The zero-order chi connectivity index (χ0) is 14.7. The summed E-state index contributed by atoms with van der Waals surface area (Å²) < 4.78 is 0. The van der Waals surface area contributed by atoms with E-state index in [1.807, 2.05) is 64.9 Å². The Labute approximate surface area is 128 Å². The van der Waals surface area contributed by atoms with Crippen molar-refractivity contribution in [2.45, 2.75) is 6.54 Å². The van der Waals surface area contributed by atoms with Crippen LogP contribution in [-0.2, 0) is 11.3 Å². The van der Waals surface area contributed by atoms with Crippen molar-refractivity contribution in [3.8, 4) is 0 Å². The summed E-state index contributed by atoms with van der Waals surface area (Å²) in [5, 5.41) is 2.04. The van der Waals surface area contributed by atoms with E-state index in [2.05, 4.69) is 0 Å². The van der Waals surface area contributed by atoms with Gasteiger partial charge in [0.1, 0.15) is 0 Å². The first-order valence-corrected chi connectivity index (χ1v) is 7.81. The highest BCUT2D eigenvalue weighted by Gasteiger charge is 2.23. The van der Waals surface area contributed by atoms with Gasteiger partial charge in [-0.15, -0.1) is 11.8 Å². The summed E-state index contributed by atoms with van der Waals surface area (Å²) in [4.78, 5) is 14.1. The van der Waals surface area contributed by atoms with Gasteiger partial charge < -0.3 is 10.6 Å². The Bertz CT molecular complexity index is 682. The summed E-state index contributed by atoms with van der Waals surface area (Å²) in [6.07, 6.45) is 0. The highest BCUT2D eigenvalue weighted by Crippen LogP contribution is 2.30. The molecule has 106 valence electrons. The molecule has 0 radical (unpaired) electrons. The fourth-order valence-electron chi connectivity index (χ4n) is 2.33. The minimum Gasteiger partial charge on any atom is -0.399 e. The van der Waals surface area contributed by atoms with E-state index in [1.165, 1.54) is 11.8 Å². The Morgan fingerprint density at radius 1 is 1.10 bits per heavy atom. The number of hydrogen-bond acceptors (Lipinski definition) is 3. The van der Waals surface area contributed by atoms with Crippen molar-refractivity contribution in [2.24, 2.45) is 0 Å². The molecular formula is C17H16N2OS. The predicted octanol–water partition coefficient (Wildman–Crippen LogP) is 3.34. The first-order valence-electron chi connectivity index (χ1n) is 6.76. The van der Waals surface area contributed by atoms with Crippen molar-refractivity contribution >= 4 is 29.1 Å². The maximum atomic E-state index is 12.3. The summed E-state index contributed by atoms with van der Waals surface area (Å²) in [6, 6.07) is 17.7. The lowest BCUT2D eigenvalue weighted by atomic mass is 10.1. The number of hydrogen-bond donors (Lipinski definition) is 1. The Kier molecular flexibility index (Phi) is 3.97. The van der Waals surface area contributed by atoms with E-state index in [0.717, 1.165) is 16.8 Å². The van der Waals surface area contributed by atoms with Gasteiger partial charge in [-0.1, -0.05) is 42.5 Å². The molecule has 0 fully saturated rings. The molecule has 0 aromatic heterocycles. The number of anilines is 1. The molecule has 0 unspecified atom stereocenters. The quantitative estimate of drug-likeness (QED) is 0.884. The summed E-state index contributed by atoms with van der Waals surface area (Å²) in [6.45, 7) is 0.584. The van der Waals surface area contributed by atoms with E-state index >= 15 is 0 Å². The molecule has 1 aliphatic rings. The zero-order valence-electron chi connectivity index (χ0n) is 11.5. The van der Waals surface area contributed by atoms with Gasteiger partial charge in [-0.2, -0.15) is 0 Å². The topological polar surface area (TPSA) is 46.3 Å². The van der Waals surface area contributed by atoms with Crippen molar-refractivity contribution < 1.29 is 4.79 Å². The van der Waals surface area contributed by atoms with Crippen LogP contribution in [0.5, 0.6) is 0 Å². The lowest BCUT2D eigenvalue weighted by Crippen LogP contribution is -2.32. The van der Waals surface area contributed by atoms with E-state index in [-0.39, 0.29) is 5.91 Å². The van der Waals surface area contributed by atoms with Crippen LogP contribution < -0.4 is 5.73 Å². The monoisotopic (exact) mass is 296 g/mol. The second-order valence-electron chi connectivity index (χ2n) is 4.91. The molecule has 1 aliphatic heterocycles. The van der Waals surface area contributed by atoms with Crippen LogP contribution in [0.1, 0.15) is 11.1 Å². The largest absolute Gasteiger partial charge is 0.399 e. The number of carbonyl (C=O) groups excluding carboxylic acids is 1. The molecule has 0 bridgehead atoms. The van der Waals surface area contributed by atoms with Crippen LogP contribution in [0.25, 0.3) is 5.70 Å². The summed E-state index contributed by atoms with van der Waals surface area (Å²) >= 11 is 1.53. The minimum absolute atomic E-state index is 0.128. The third-order valence-corrected chi connectivity index (χ3v) is 4.16. The molecule has 0 saturated heterocycles. The smallest absolute Gasteiger partial charge is 0.237 e. The maximum Gasteiger partial charge on any atom is 0.237 e. The molecule has 0 saturated carbocycles. The molecule has 1 heterocycles. The van der Waals surface area contributed by atoms with Gasteiger partial charge in [0.05, 0.1) is 18.0 Å². The van der Waals surface area contributed by atoms with E-state index in [9.17, 15) is 4.79 Å². The van der Waals surface area contributed by atoms with Crippen LogP contribution in [0, 0.1) is 0 Å². The molecule has 0 atom stereocenters. The third-order valence-electron chi connectivity index (χ3n) is 3.36. The third kappa shape index (κ3) is 3.11. The molecule has 1 amide bonds. The van der Waals surface area contributed by atoms with E-state index < -0.39 is 0 Å². The highest BCUT2D eigenvalue weighted by atomic mass is 32.2. The summed E-state index contributed by atoms with van der Waals surface area (Å²) in [5.41, 5.74) is 9.59. The van der Waals surface area contributed by atoms with Crippen molar-refractivity contribution in [3.05, 3.63) is 71.1 Å². The standard InChI is InChI=1S/C17H16N2OS/c18-15-8-4-7-14(9-15)16-11-21-12-17(20)19(16)10-13-5-2-1-3-6-13/h1-9,11H,10,12,18H2. The van der Waals surface area contributed by atoms with Crippen LogP contribution >= 0.6 is 11.8 Å². The van der Waals surface area contributed by atoms with Crippen LogP contribution in [0.15, 0.2) is 60.0 Å². The Hall–Kier alpha value is -2.20. The molecule has 0 aliphatic carbocycles. The van der Waals surface area contributed by atoms with Crippen molar-refractivity contribution in [2.75, 3.05) is 11.5 Å². The molecule has 0 spiro atoms. The Morgan fingerprint density at radius 2 is 1.90 bits per heavy atom. The normalized spacial score (nSPS) is 15.0. The van der Waals surface area contributed by atoms with Crippen LogP contribution in [0.4, 0.5) is 5.69 Å². The van der Waals surface area contributed by atoms with Crippen LogP contribution in [0.2, 0.25) is 0 Å². The molecule has 21 heavy (non-hydrogen) atoms. The van der Waals surface area contributed by atoms with Crippen molar-refractivity contribution in [1.29, 1.82) is 0 Å². The molecule has 2 aromatic rings. The van der Waals surface area contributed by atoms with E-state index in [0.29, 0.717) is 18.0 Å². The zero-order valence-corrected chi connectivity index (χ0v) is 12.3. The molecule has 2 N–H and O–H groups in total. The summed E-state index contributed by atoms with van der Waals surface area (Å²) in [7, 11) is 0. The predicted molar refractivity (Wildman–Crippen MR) is 88.3 cm³/mol. The van der Waals surface area contributed by atoms with Gasteiger partial charge in [0.15, 0.2) is 0 Å². The number of thioether (sulfide) groups is 1. The van der Waals surface area contributed by atoms with Crippen LogP contribution in [0.3, 0.4) is 0 Å². The van der Waals surface area contributed by atoms with Crippen molar-refractivity contribution in [1.82, 2.24) is 4.90 Å². The molecule has 3 nitrogen and oxygen atoms in total. The molecule has 2 aromatic carbocycles. The fraction of sp³-hybridized carbons (Fsp3) is 0.118. The molecular weight excluding hydrogens is 280 g/mol. The maximum absolute atomic E-state index is 12.3. The molecule has 4 heteroatoms. The second kappa shape index (κ2) is 6.06. The number of carbonyl (C=O) groups is 1. The number of amides is 1. The lowest BCUT2D eigenvalue weighted by Gasteiger charge is -2.29. The summed E-state index contributed by atoms with van der Waals surface area (Å²) in [5.74, 6) is 0.613. The average Bonchev–Trinajstić information content (AvgIpc) is 2.50. The fourth-order valence-corrected chi connectivity index (χ4v) is 3.13. The number of rotatable bonds is 3. The van der Waals surface area contributed by atoms with Crippen molar-refractivity contribution in [3.63, 3.8) is 0 Å². The van der Waals surface area contributed by atoms with Crippen LogP contribution in [-0.4, -0.2) is 16.6 Å². The van der Waals surface area contributed by atoms with Gasteiger partial charge in [-0.25, -0.2) is 0 Å². The number of nitrogens with zero attached hydrogens (tertiary/aromatic N) is 1. The SMILES string of the molecule is Nc1cccc(C2=CSCC(=O)N2Cc2ccccc2)c1. The Balaban J connectivity index is 1.93. The number of nitrogens with two attached hydrogens (primary N) is 1.